The SMILES string of the molecule is CC(O)c1ccc(C(F)(F)F)c(F)c1C(F)(F)F. The molecule has 1 N–H and O–H groups in total. The Morgan fingerprint density at radius 2 is 1.50 bits per heavy atom. The zero-order valence-electron chi connectivity index (χ0n) is 8.83. The monoisotopic (exact) mass is 276 g/mol. The van der Waals surface area contributed by atoms with Crippen molar-refractivity contribution < 1.29 is 35.8 Å². The summed E-state index contributed by atoms with van der Waals surface area (Å²) in [4.78, 5) is 0. The second-order valence-electron chi connectivity index (χ2n) is 3.56. The quantitative estimate of drug-likeness (QED) is 0.771. The minimum absolute atomic E-state index is 0.173. The molecule has 0 radical (unpaired) electrons. The maximum absolute atomic E-state index is 13.3. The summed E-state index contributed by atoms with van der Waals surface area (Å²) in [6.07, 6.45) is -12.3. The van der Waals surface area contributed by atoms with Gasteiger partial charge in [-0.25, -0.2) is 4.39 Å². The first kappa shape index (κ1) is 14.7. The molecular weight excluding hydrogens is 269 g/mol. The highest BCUT2D eigenvalue weighted by molar-refractivity contribution is 5.38. The van der Waals surface area contributed by atoms with Crippen molar-refractivity contribution in [3.8, 4) is 0 Å². The smallest absolute Gasteiger partial charge is 0.389 e. The first-order chi connectivity index (χ1) is 7.96. The third kappa shape index (κ3) is 2.74. The van der Waals surface area contributed by atoms with E-state index >= 15 is 0 Å². The van der Waals surface area contributed by atoms with E-state index < -0.39 is 41.0 Å². The van der Waals surface area contributed by atoms with Crippen LogP contribution in [0.15, 0.2) is 12.1 Å². The molecule has 0 bridgehead atoms. The molecule has 0 amide bonds. The van der Waals surface area contributed by atoms with E-state index in [1.165, 1.54) is 0 Å². The van der Waals surface area contributed by atoms with Crippen molar-refractivity contribution in [3.05, 3.63) is 34.6 Å². The molecule has 102 valence electrons. The summed E-state index contributed by atoms with van der Waals surface area (Å²) in [6.45, 7) is 0.900. The van der Waals surface area contributed by atoms with E-state index in [2.05, 4.69) is 0 Å². The molecule has 0 saturated carbocycles. The molecule has 18 heavy (non-hydrogen) atoms. The first-order valence-corrected chi connectivity index (χ1v) is 4.61. The van der Waals surface area contributed by atoms with E-state index in [0.29, 0.717) is 6.07 Å². The third-order valence-corrected chi connectivity index (χ3v) is 2.21. The molecule has 0 aliphatic rings. The van der Waals surface area contributed by atoms with Gasteiger partial charge in [-0.15, -0.1) is 0 Å². The second kappa shape index (κ2) is 4.42. The average Bonchev–Trinajstić information content (AvgIpc) is 2.12. The van der Waals surface area contributed by atoms with Crippen molar-refractivity contribution in [1.29, 1.82) is 0 Å². The van der Waals surface area contributed by atoms with E-state index in [4.69, 9.17) is 5.11 Å². The lowest BCUT2D eigenvalue weighted by Gasteiger charge is -2.18. The van der Waals surface area contributed by atoms with E-state index in [-0.39, 0.29) is 6.07 Å². The second-order valence-corrected chi connectivity index (χ2v) is 3.56. The van der Waals surface area contributed by atoms with Gasteiger partial charge in [-0.1, -0.05) is 6.07 Å². The summed E-state index contributed by atoms with van der Waals surface area (Å²) in [5, 5.41) is 9.04. The molecule has 1 nitrogen and oxygen atoms in total. The molecule has 1 rings (SSSR count). The minimum atomic E-state index is -5.32. The molecule has 0 aliphatic heterocycles. The number of hydrogen-bond donors (Lipinski definition) is 1. The van der Waals surface area contributed by atoms with E-state index in [9.17, 15) is 30.7 Å². The van der Waals surface area contributed by atoms with Gasteiger partial charge < -0.3 is 5.11 Å². The van der Waals surface area contributed by atoms with Gasteiger partial charge in [-0.3, -0.25) is 0 Å². The van der Waals surface area contributed by atoms with Gasteiger partial charge in [0, 0.05) is 0 Å². The summed E-state index contributed by atoms with van der Waals surface area (Å²) in [5.41, 5.74) is -5.04. The topological polar surface area (TPSA) is 20.2 Å². The molecule has 1 atom stereocenters. The highest BCUT2D eigenvalue weighted by atomic mass is 19.4. The number of aliphatic hydroxyl groups is 1. The molecule has 0 aliphatic carbocycles. The molecule has 1 unspecified atom stereocenters. The lowest BCUT2D eigenvalue weighted by molar-refractivity contribution is -0.148. The summed E-state index contributed by atoms with van der Waals surface area (Å²) < 4.78 is 87.7. The molecule has 0 saturated heterocycles. The summed E-state index contributed by atoms with van der Waals surface area (Å²) >= 11 is 0. The van der Waals surface area contributed by atoms with Gasteiger partial charge in [-0.2, -0.15) is 26.3 Å². The third-order valence-electron chi connectivity index (χ3n) is 2.21. The maximum Gasteiger partial charge on any atom is 0.419 e. The Kier molecular flexibility index (Phi) is 3.62. The number of aliphatic hydroxyl groups excluding tert-OH is 1. The van der Waals surface area contributed by atoms with Crippen molar-refractivity contribution in [2.75, 3.05) is 0 Å². The van der Waals surface area contributed by atoms with Crippen LogP contribution in [0.5, 0.6) is 0 Å². The molecule has 0 fully saturated rings. The highest BCUT2D eigenvalue weighted by Gasteiger charge is 2.43. The average molecular weight is 276 g/mol. The molecule has 0 aromatic heterocycles. The fraction of sp³-hybridized carbons (Fsp3) is 0.400. The Morgan fingerprint density at radius 3 is 1.83 bits per heavy atom. The van der Waals surface area contributed by atoms with Crippen LogP contribution in [-0.4, -0.2) is 5.11 Å². The number of halogens is 7. The van der Waals surface area contributed by atoms with Crippen LogP contribution >= 0.6 is 0 Å². The Balaban J connectivity index is 3.61. The summed E-state index contributed by atoms with van der Waals surface area (Å²) in [5.74, 6) is -2.42. The van der Waals surface area contributed by atoms with E-state index in [1.54, 1.807) is 0 Å². The number of hydrogen-bond acceptors (Lipinski definition) is 1. The summed E-state index contributed by atoms with van der Waals surface area (Å²) in [7, 11) is 0. The first-order valence-electron chi connectivity index (χ1n) is 4.61. The lowest BCUT2D eigenvalue weighted by atomic mass is 9.98. The van der Waals surface area contributed by atoms with Crippen molar-refractivity contribution in [3.63, 3.8) is 0 Å². The molecule has 1 aromatic carbocycles. The molecule has 0 heterocycles. The lowest BCUT2D eigenvalue weighted by Crippen LogP contribution is -2.18. The summed E-state index contributed by atoms with van der Waals surface area (Å²) in [6, 6.07) is 0.589. The molecule has 8 heteroatoms. The zero-order valence-corrected chi connectivity index (χ0v) is 8.83. The predicted molar refractivity (Wildman–Crippen MR) is 47.0 cm³/mol. The molecule has 0 spiro atoms. The molecular formula is C10H7F7O. The highest BCUT2D eigenvalue weighted by Crippen LogP contribution is 2.41. The normalized spacial score (nSPS) is 14.7. The Bertz CT molecular complexity index is 445. The fourth-order valence-corrected chi connectivity index (χ4v) is 1.45. The number of alkyl halides is 6. The van der Waals surface area contributed by atoms with Crippen LogP contribution in [0.2, 0.25) is 0 Å². The predicted octanol–water partition coefficient (Wildman–Crippen LogP) is 3.92. The van der Waals surface area contributed by atoms with Crippen molar-refractivity contribution in [2.45, 2.75) is 25.4 Å². The van der Waals surface area contributed by atoms with Gasteiger partial charge in [0.2, 0.25) is 0 Å². The van der Waals surface area contributed by atoms with E-state index in [0.717, 1.165) is 6.92 Å². The van der Waals surface area contributed by atoms with Crippen LogP contribution in [0.3, 0.4) is 0 Å². The number of rotatable bonds is 1. The minimum Gasteiger partial charge on any atom is -0.389 e. The van der Waals surface area contributed by atoms with Gasteiger partial charge in [-0.05, 0) is 18.6 Å². The zero-order chi connectivity index (χ0) is 14.3. The van der Waals surface area contributed by atoms with Gasteiger partial charge in [0.05, 0.1) is 17.2 Å². The van der Waals surface area contributed by atoms with Gasteiger partial charge in [0.1, 0.15) is 5.82 Å². The van der Waals surface area contributed by atoms with Crippen LogP contribution < -0.4 is 0 Å². The van der Waals surface area contributed by atoms with E-state index in [1.807, 2.05) is 0 Å². The number of benzene rings is 1. The Hall–Kier alpha value is -1.31. The largest absolute Gasteiger partial charge is 0.419 e. The maximum atomic E-state index is 13.3. The van der Waals surface area contributed by atoms with Gasteiger partial charge in [0.25, 0.3) is 0 Å². The fourth-order valence-electron chi connectivity index (χ4n) is 1.45. The Labute approximate surface area is 96.8 Å². The molecule has 1 aromatic rings. The van der Waals surface area contributed by atoms with Crippen LogP contribution in [0.4, 0.5) is 30.7 Å². The Morgan fingerprint density at radius 1 is 1.00 bits per heavy atom. The van der Waals surface area contributed by atoms with Crippen molar-refractivity contribution in [2.24, 2.45) is 0 Å². The van der Waals surface area contributed by atoms with Crippen molar-refractivity contribution in [1.82, 2.24) is 0 Å². The van der Waals surface area contributed by atoms with Crippen molar-refractivity contribution >= 4 is 0 Å². The standard InChI is InChI=1S/C10H7F7O/c1-4(18)5-2-3-6(9(12,13)14)8(11)7(5)10(15,16)17/h2-4,18H,1H3. The van der Waals surface area contributed by atoms with Crippen LogP contribution in [-0.2, 0) is 12.4 Å². The van der Waals surface area contributed by atoms with Gasteiger partial charge >= 0.3 is 12.4 Å². The van der Waals surface area contributed by atoms with Crippen LogP contribution in [0.1, 0.15) is 29.7 Å². The van der Waals surface area contributed by atoms with Crippen LogP contribution in [0.25, 0.3) is 0 Å². The van der Waals surface area contributed by atoms with Gasteiger partial charge in [0.15, 0.2) is 0 Å². The van der Waals surface area contributed by atoms with Crippen LogP contribution in [0, 0.1) is 5.82 Å².